The summed E-state index contributed by atoms with van der Waals surface area (Å²) in [6.45, 7) is 1.49. The molecule has 0 aliphatic carbocycles. The molecule has 1 aromatic carbocycles. The van der Waals surface area contributed by atoms with E-state index < -0.39 is 23.7 Å². The number of benzene rings is 1. The average molecular weight is 321 g/mol. The second-order valence-electron chi connectivity index (χ2n) is 4.72. The van der Waals surface area contributed by atoms with Crippen LogP contribution in [-0.4, -0.2) is 24.4 Å². The van der Waals surface area contributed by atoms with Gasteiger partial charge in [0, 0.05) is 23.7 Å². The molecule has 0 spiro atoms. The van der Waals surface area contributed by atoms with Gasteiger partial charge in [-0.25, -0.2) is 0 Å². The molecule has 1 atom stereocenters. The summed E-state index contributed by atoms with van der Waals surface area (Å²) >= 11 is 5.71. The van der Waals surface area contributed by atoms with Gasteiger partial charge >= 0.3 is 6.18 Å². The Hall–Kier alpha value is -1.76. The lowest BCUT2D eigenvalue weighted by Gasteiger charge is -2.23. The molecule has 0 aromatic heterocycles. The van der Waals surface area contributed by atoms with Gasteiger partial charge in [0.2, 0.25) is 11.8 Å². The van der Waals surface area contributed by atoms with Gasteiger partial charge in [0.25, 0.3) is 0 Å². The number of amides is 2. The maximum atomic E-state index is 12.8. The van der Waals surface area contributed by atoms with Crippen LogP contribution in [0.4, 0.5) is 18.9 Å². The second-order valence-corrected chi connectivity index (χ2v) is 5.16. The highest BCUT2D eigenvalue weighted by Gasteiger charge is 2.33. The number of anilines is 1. The van der Waals surface area contributed by atoms with Crippen LogP contribution in [0.15, 0.2) is 18.2 Å². The third-order valence-electron chi connectivity index (χ3n) is 3.10. The van der Waals surface area contributed by atoms with E-state index in [-0.39, 0.29) is 29.6 Å². The van der Waals surface area contributed by atoms with Crippen molar-refractivity contribution in [3.05, 3.63) is 28.8 Å². The fraction of sp³-hybridized carbons (Fsp3) is 0.385. The number of carbonyl (C=O) groups excluding carboxylic acids is 2. The zero-order valence-corrected chi connectivity index (χ0v) is 11.8. The quantitative estimate of drug-likeness (QED) is 0.864. The SMILES string of the molecule is CC1NC(=O)CCN(c2cc(Cl)cc(C(F)(F)F)c2)C1=O. The van der Waals surface area contributed by atoms with Crippen molar-refractivity contribution in [2.45, 2.75) is 25.6 Å². The minimum absolute atomic E-state index is 0.00659. The van der Waals surface area contributed by atoms with E-state index in [2.05, 4.69) is 5.32 Å². The Kier molecular flexibility index (Phi) is 4.13. The summed E-state index contributed by atoms with van der Waals surface area (Å²) in [4.78, 5) is 24.7. The lowest BCUT2D eigenvalue weighted by molar-refractivity contribution is -0.137. The molecule has 1 aliphatic rings. The Bertz CT molecular complexity index is 589. The van der Waals surface area contributed by atoms with Crippen LogP contribution < -0.4 is 10.2 Å². The first kappa shape index (κ1) is 15.6. The fourth-order valence-corrected chi connectivity index (χ4v) is 2.31. The van der Waals surface area contributed by atoms with E-state index >= 15 is 0 Å². The summed E-state index contributed by atoms with van der Waals surface area (Å²) in [6.07, 6.45) is -4.54. The second kappa shape index (κ2) is 5.55. The van der Waals surface area contributed by atoms with Gasteiger partial charge in [-0.15, -0.1) is 0 Å². The molecule has 0 saturated carbocycles. The number of alkyl halides is 3. The van der Waals surface area contributed by atoms with Crippen molar-refractivity contribution >= 4 is 29.1 Å². The van der Waals surface area contributed by atoms with Crippen molar-refractivity contribution in [1.29, 1.82) is 0 Å². The van der Waals surface area contributed by atoms with Gasteiger partial charge in [-0.05, 0) is 25.1 Å². The van der Waals surface area contributed by atoms with Gasteiger partial charge in [-0.1, -0.05) is 11.6 Å². The number of hydrogen-bond acceptors (Lipinski definition) is 2. The standard InChI is InChI=1S/C13H12ClF3N2O2/c1-7-12(21)19(3-2-11(20)18-7)10-5-8(13(15,16)17)4-9(14)6-10/h4-7H,2-3H2,1H3,(H,18,20). The predicted octanol–water partition coefficient (Wildman–Crippen LogP) is 2.60. The summed E-state index contributed by atoms with van der Waals surface area (Å²) in [5, 5.41) is 2.34. The molecule has 1 aliphatic heterocycles. The van der Waals surface area contributed by atoms with E-state index in [4.69, 9.17) is 11.6 Å². The summed E-state index contributed by atoms with van der Waals surface area (Å²) in [5.74, 6) is -0.798. The first-order valence-corrected chi connectivity index (χ1v) is 6.55. The predicted molar refractivity (Wildman–Crippen MR) is 71.0 cm³/mol. The summed E-state index contributed by atoms with van der Waals surface area (Å²) < 4.78 is 38.4. The molecule has 21 heavy (non-hydrogen) atoms. The van der Waals surface area contributed by atoms with Gasteiger partial charge < -0.3 is 10.2 Å². The normalized spacial score (nSPS) is 20.2. The van der Waals surface area contributed by atoms with E-state index in [0.29, 0.717) is 0 Å². The zero-order valence-electron chi connectivity index (χ0n) is 11.0. The van der Waals surface area contributed by atoms with Crippen LogP contribution in [-0.2, 0) is 15.8 Å². The van der Waals surface area contributed by atoms with E-state index in [9.17, 15) is 22.8 Å². The molecule has 4 nitrogen and oxygen atoms in total. The minimum Gasteiger partial charge on any atom is -0.345 e. The molecule has 2 amide bonds. The van der Waals surface area contributed by atoms with Gasteiger partial charge in [0.15, 0.2) is 0 Å². The lowest BCUT2D eigenvalue weighted by atomic mass is 10.1. The van der Waals surface area contributed by atoms with Crippen LogP contribution in [0.3, 0.4) is 0 Å². The first-order chi connectivity index (χ1) is 9.68. The third kappa shape index (κ3) is 3.47. The highest BCUT2D eigenvalue weighted by Crippen LogP contribution is 2.34. The number of nitrogens with zero attached hydrogens (tertiary/aromatic N) is 1. The molecular weight excluding hydrogens is 309 g/mol. The number of carbonyl (C=O) groups is 2. The minimum atomic E-state index is -4.56. The Morgan fingerprint density at radius 1 is 1.29 bits per heavy atom. The summed E-state index contributed by atoms with van der Waals surface area (Å²) in [7, 11) is 0. The van der Waals surface area contributed by atoms with Crippen LogP contribution in [0.1, 0.15) is 18.9 Å². The smallest absolute Gasteiger partial charge is 0.345 e. The Labute approximate surface area is 123 Å². The van der Waals surface area contributed by atoms with Crippen LogP contribution in [0, 0.1) is 0 Å². The highest BCUT2D eigenvalue weighted by atomic mass is 35.5. The van der Waals surface area contributed by atoms with Crippen molar-refractivity contribution in [3.8, 4) is 0 Å². The molecule has 1 heterocycles. The topological polar surface area (TPSA) is 49.4 Å². The van der Waals surface area contributed by atoms with E-state index in [1.54, 1.807) is 0 Å². The molecule has 1 aromatic rings. The van der Waals surface area contributed by atoms with Crippen LogP contribution in [0.5, 0.6) is 0 Å². The van der Waals surface area contributed by atoms with Crippen molar-refractivity contribution in [2.24, 2.45) is 0 Å². The summed E-state index contributed by atoms with van der Waals surface area (Å²) in [5.41, 5.74) is -0.905. The third-order valence-corrected chi connectivity index (χ3v) is 3.32. The maximum absolute atomic E-state index is 12.8. The number of hydrogen-bond donors (Lipinski definition) is 1. The van der Waals surface area contributed by atoms with Crippen molar-refractivity contribution < 1.29 is 22.8 Å². The zero-order chi connectivity index (χ0) is 15.8. The molecule has 0 radical (unpaired) electrons. The average Bonchev–Trinajstić information content (AvgIpc) is 2.48. The Balaban J connectivity index is 2.42. The molecule has 114 valence electrons. The number of rotatable bonds is 1. The molecule has 2 rings (SSSR count). The van der Waals surface area contributed by atoms with E-state index in [1.165, 1.54) is 13.0 Å². The van der Waals surface area contributed by atoms with Crippen molar-refractivity contribution in [2.75, 3.05) is 11.4 Å². The molecule has 8 heteroatoms. The van der Waals surface area contributed by atoms with E-state index in [0.717, 1.165) is 17.0 Å². The van der Waals surface area contributed by atoms with Crippen LogP contribution >= 0.6 is 11.6 Å². The Morgan fingerprint density at radius 3 is 2.57 bits per heavy atom. The Morgan fingerprint density at radius 2 is 1.95 bits per heavy atom. The summed E-state index contributed by atoms with van der Waals surface area (Å²) in [6, 6.07) is 2.12. The molecule has 1 saturated heterocycles. The molecule has 1 N–H and O–H groups in total. The highest BCUT2D eigenvalue weighted by molar-refractivity contribution is 6.31. The van der Waals surface area contributed by atoms with Gasteiger partial charge in [0.1, 0.15) is 6.04 Å². The fourth-order valence-electron chi connectivity index (χ4n) is 2.08. The number of halogens is 4. The van der Waals surface area contributed by atoms with E-state index in [1.807, 2.05) is 0 Å². The first-order valence-electron chi connectivity index (χ1n) is 6.17. The molecule has 1 unspecified atom stereocenters. The van der Waals surface area contributed by atoms with Crippen LogP contribution in [0.25, 0.3) is 0 Å². The van der Waals surface area contributed by atoms with Crippen molar-refractivity contribution in [1.82, 2.24) is 5.32 Å². The monoisotopic (exact) mass is 320 g/mol. The maximum Gasteiger partial charge on any atom is 0.416 e. The number of nitrogens with one attached hydrogen (secondary N) is 1. The lowest BCUT2D eigenvalue weighted by Crippen LogP contribution is -2.42. The molecule has 0 bridgehead atoms. The molecular formula is C13H12ClF3N2O2. The van der Waals surface area contributed by atoms with Crippen LogP contribution in [0.2, 0.25) is 5.02 Å². The van der Waals surface area contributed by atoms with Gasteiger partial charge in [-0.2, -0.15) is 13.2 Å². The molecule has 1 fully saturated rings. The van der Waals surface area contributed by atoms with Gasteiger partial charge in [-0.3, -0.25) is 9.59 Å². The van der Waals surface area contributed by atoms with Gasteiger partial charge in [0.05, 0.1) is 5.56 Å². The largest absolute Gasteiger partial charge is 0.416 e. The van der Waals surface area contributed by atoms with Crippen molar-refractivity contribution in [3.63, 3.8) is 0 Å².